The van der Waals surface area contributed by atoms with Gasteiger partial charge in [-0.15, -0.1) is 0 Å². The van der Waals surface area contributed by atoms with Crippen molar-refractivity contribution in [3.8, 4) is 11.5 Å². The van der Waals surface area contributed by atoms with Crippen LogP contribution >= 0.6 is 12.2 Å². The van der Waals surface area contributed by atoms with E-state index in [4.69, 9.17) is 21.7 Å². The van der Waals surface area contributed by atoms with E-state index >= 15 is 0 Å². The summed E-state index contributed by atoms with van der Waals surface area (Å²) >= 11 is 4.85. The molecule has 6 heteroatoms. The quantitative estimate of drug-likeness (QED) is 0.793. The monoisotopic (exact) mass is 268 g/mol. The van der Waals surface area contributed by atoms with Crippen molar-refractivity contribution in [1.29, 1.82) is 0 Å². The van der Waals surface area contributed by atoms with Gasteiger partial charge >= 0.3 is 0 Å². The second kappa shape index (κ2) is 6.80. The van der Waals surface area contributed by atoms with Crippen molar-refractivity contribution >= 4 is 23.2 Å². The zero-order valence-electron chi connectivity index (χ0n) is 10.6. The molecule has 1 aromatic rings. The third-order valence-corrected chi connectivity index (χ3v) is 2.60. The summed E-state index contributed by atoms with van der Waals surface area (Å²) < 4.78 is 10.3. The maximum atomic E-state index is 11.6. The van der Waals surface area contributed by atoms with E-state index in [0.717, 1.165) is 5.56 Å². The molecule has 0 atom stereocenters. The maximum Gasteiger partial charge on any atom is 0.230 e. The highest BCUT2D eigenvalue weighted by Gasteiger charge is 2.08. The highest BCUT2D eigenvalue weighted by molar-refractivity contribution is 7.80. The van der Waals surface area contributed by atoms with Gasteiger partial charge < -0.3 is 20.1 Å². The van der Waals surface area contributed by atoms with E-state index in [1.165, 1.54) is 0 Å². The van der Waals surface area contributed by atoms with Gasteiger partial charge in [-0.3, -0.25) is 4.79 Å². The number of ether oxygens (including phenoxy) is 2. The summed E-state index contributed by atoms with van der Waals surface area (Å²) in [5.74, 6) is 1.05. The summed E-state index contributed by atoms with van der Waals surface area (Å²) in [6.07, 6.45) is 0.224. The Kier molecular flexibility index (Phi) is 5.38. The number of benzene rings is 1. The zero-order valence-corrected chi connectivity index (χ0v) is 11.4. The summed E-state index contributed by atoms with van der Waals surface area (Å²) in [7, 11) is 4.77. The summed E-state index contributed by atoms with van der Waals surface area (Å²) in [5, 5.41) is 5.54. The lowest BCUT2D eigenvalue weighted by atomic mass is 10.1. The Balaban J connectivity index is 2.73. The number of amides is 1. The van der Waals surface area contributed by atoms with Crippen LogP contribution < -0.4 is 20.1 Å². The molecule has 1 aromatic carbocycles. The van der Waals surface area contributed by atoms with Crippen LogP contribution in [0.3, 0.4) is 0 Å². The van der Waals surface area contributed by atoms with Crippen LogP contribution in [0.15, 0.2) is 18.2 Å². The van der Waals surface area contributed by atoms with Gasteiger partial charge in [0.25, 0.3) is 0 Å². The first-order valence-electron chi connectivity index (χ1n) is 5.33. The van der Waals surface area contributed by atoms with Crippen LogP contribution in [0.1, 0.15) is 5.56 Å². The number of hydrogen-bond donors (Lipinski definition) is 2. The molecule has 2 N–H and O–H groups in total. The zero-order chi connectivity index (χ0) is 13.5. The summed E-state index contributed by atoms with van der Waals surface area (Å²) in [6.45, 7) is 0. The van der Waals surface area contributed by atoms with Gasteiger partial charge in [-0.1, -0.05) is 6.07 Å². The van der Waals surface area contributed by atoms with E-state index in [0.29, 0.717) is 16.6 Å². The van der Waals surface area contributed by atoms with Gasteiger partial charge in [0.15, 0.2) is 16.6 Å². The molecular formula is C12H16N2O3S. The second-order valence-electron chi connectivity index (χ2n) is 3.49. The van der Waals surface area contributed by atoms with Crippen LogP contribution in [0.2, 0.25) is 0 Å². The number of thiocarbonyl (C=S) groups is 1. The smallest absolute Gasteiger partial charge is 0.230 e. The van der Waals surface area contributed by atoms with Gasteiger partial charge in [-0.2, -0.15) is 0 Å². The summed E-state index contributed by atoms with van der Waals surface area (Å²) in [6, 6.07) is 5.34. The van der Waals surface area contributed by atoms with Crippen molar-refractivity contribution in [2.24, 2.45) is 0 Å². The van der Waals surface area contributed by atoms with Crippen molar-refractivity contribution < 1.29 is 14.3 Å². The molecule has 5 nitrogen and oxygen atoms in total. The van der Waals surface area contributed by atoms with Gasteiger partial charge in [0.1, 0.15) is 0 Å². The number of hydrogen-bond acceptors (Lipinski definition) is 4. The molecule has 0 unspecified atom stereocenters. The van der Waals surface area contributed by atoms with Crippen LogP contribution in [-0.2, 0) is 11.2 Å². The minimum absolute atomic E-state index is 0.179. The molecule has 0 heterocycles. The topological polar surface area (TPSA) is 59.6 Å². The molecule has 0 bridgehead atoms. The SMILES string of the molecule is CNC(=S)NC(=O)Cc1ccc(OC)c(OC)c1. The highest BCUT2D eigenvalue weighted by atomic mass is 32.1. The van der Waals surface area contributed by atoms with Crippen LogP contribution in [0.5, 0.6) is 11.5 Å². The summed E-state index contributed by atoms with van der Waals surface area (Å²) in [4.78, 5) is 11.6. The molecule has 0 aliphatic carbocycles. The fraction of sp³-hybridized carbons (Fsp3) is 0.333. The van der Waals surface area contributed by atoms with E-state index in [1.54, 1.807) is 33.4 Å². The lowest BCUT2D eigenvalue weighted by Gasteiger charge is -2.10. The first kappa shape index (κ1) is 14.2. The van der Waals surface area contributed by atoms with Gasteiger partial charge in [0, 0.05) is 7.05 Å². The molecule has 1 amide bonds. The number of carbonyl (C=O) groups excluding carboxylic acids is 1. The largest absolute Gasteiger partial charge is 0.493 e. The van der Waals surface area contributed by atoms with Crippen molar-refractivity contribution in [2.45, 2.75) is 6.42 Å². The number of rotatable bonds is 4. The van der Waals surface area contributed by atoms with Crippen LogP contribution in [-0.4, -0.2) is 32.3 Å². The molecule has 1 rings (SSSR count). The van der Waals surface area contributed by atoms with Crippen molar-refractivity contribution in [3.05, 3.63) is 23.8 Å². The Morgan fingerprint density at radius 2 is 1.94 bits per heavy atom. The number of nitrogens with one attached hydrogen (secondary N) is 2. The molecule has 0 spiro atoms. The van der Waals surface area contributed by atoms with Gasteiger partial charge in [0.05, 0.1) is 20.6 Å². The van der Waals surface area contributed by atoms with E-state index in [2.05, 4.69) is 10.6 Å². The minimum Gasteiger partial charge on any atom is -0.493 e. The molecule has 0 aliphatic heterocycles. The Bertz CT molecular complexity index is 449. The molecule has 0 aromatic heterocycles. The van der Waals surface area contributed by atoms with E-state index in [9.17, 15) is 4.79 Å². The maximum absolute atomic E-state index is 11.6. The molecule has 0 radical (unpaired) electrons. The second-order valence-corrected chi connectivity index (χ2v) is 3.90. The molecule has 0 aliphatic rings. The van der Waals surface area contributed by atoms with E-state index in [1.807, 2.05) is 6.07 Å². The predicted octanol–water partition coefficient (Wildman–Crippen LogP) is 0.867. The van der Waals surface area contributed by atoms with Gasteiger partial charge in [-0.05, 0) is 29.9 Å². The lowest BCUT2D eigenvalue weighted by Crippen LogP contribution is -2.37. The number of methoxy groups -OCH3 is 2. The first-order valence-corrected chi connectivity index (χ1v) is 5.74. The van der Waals surface area contributed by atoms with Crippen LogP contribution in [0.4, 0.5) is 0 Å². The fourth-order valence-electron chi connectivity index (χ4n) is 1.41. The van der Waals surface area contributed by atoms with Crippen molar-refractivity contribution in [2.75, 3.05) is 21.3 Å². The van der Waals surface area contributed by atoms with Gasteiger partial charge in [0.2, 0.25) is 5.91 Å². The predicted molar refractivity (Wildman–Crippen MR) is 73.1 cm³/mol. The Labute approximate surface area is 111 Å². The van der Waals surface area contributed by atoms with Crippen molar-refractivity contribution in [1.82, 2.24) is 10.6 Å². The molecule has 98 valence electrons. The molecule has 0 saturated carbocycles. The first-order chi connectivity index (χ1) is 8.60. The average molecular weight is 268 g/mol. The van der Waals surface area contributed by atoms with Crippen LogP contribution in [0.25, 0.3) is 0 Å². The van der Waals surface area contributed by atoms with Crippen molar-refractivity contribution in [3.63, 3.8) is 0 Å². The average Bonchev–Trinajstić information content (AvgIpc) is 2.38. The lowest BCUT2D eigenvalue weighted by molar-refractivity contribution is -0.119. The third kappa shape index (κ3) is 3.89. The standard InChI is InChI=1S/C12H16N2O3S/c1-13-12(18)14-11(15)7-8-4-5-9(16-2)10(6-8)17-3/h4-6H,7H2,1-3H3,(H2,13,14,15,18). The Hall–Kier alpha value is -1.82. The fourth-order valence-corrected chi connectivity index (χ4v) is 1.52. The minimum atomic E-state index is -0.179. The molecule has 0 fully saturated rings. The van der Waals surface area contributed by atoms with Gasteiger partial charge in [-0.25, -0.2) is 0 Å². The molecule has 18 heavy (non-hydrogen) atoms. The third-order valence-electron chi connectivity index (χ3n) is 2.29. The molecular weight excluding hydrogens is 252 g/mol. The summed E-state index contributed by atoms with van der Waals surface area (Å²) in [5.41, 5.74) is 0.823. The Morgan fingerprint density at radius 3 is 2.50 bits per heavy atom. The normalized spacial score (nSPS) is 9.50. The van der Waals surface area contributed by atoms with Crippen LogP contribution in [0, 0.1) is 0 Å². The van der Waals surface area contributed by atoms with E-state index in [-0.39, 0.29) is 12.3 Å². The number of carbonyl (C=O) groups is 1. The van der Waals surface area contributed by atoms with E-state index < -0.39 is 0 Å². The highest BCUT2D eigenvalue weighted by Crippen LogP contribution is 2.27. The molecule has 0 saturated heterocycles. The Morgan fingerprint density at radius 1 is 1.28 bits per heavy atom.